The second-order valence-electron chi connectivity index (χ2n) is 3.88. The summed E-state index contributed by atoms with van der Waals surface area (Å²) in [5, 5.41) is 5.93. The summed E-state index contributed by atoms with van der Waals surface area (Å²) < 4.78 is 0. The quantitative estimate of drug-likeness (QED) is 0.700. The number of benzene rings is 1. The van der Waals surface area contributed by atoms with Crippen molar-refractivity contribution < 1.29 is 4.79 Å². The Morgan fingerprint density at radius 3 is 2.82 bits per heavy atom. The molecule has 1 rings (SSSR count). The maximum absolute atomic E-state index is 11.7. The maximum atomic E-state index is 11.7. The van der Waals surface area contributed by atoms with E-state index in [2.05, 4.69) is 23.8 Å². The fourth-order valence-corrected chi connectivity index (χ4v) is 2.15. The minimum absolute atomic E-state index is 0.108. The fourth-order valence-electron chi connectivity index (χ4n) is 1.57. The van der Waals surface area contributed by atoms with Crippen LogP contribution in [0.2, 0.25) is 0 Å². The summed E-state index contributed by atoms with van der Waals surface area (Å²) in [6, 6.07) is 5.55. The highest BCUT2D eigenvalue weighted by Gasteiger charge is 2.11. The van der Waals surface area contributed by atoms with E-state index in [1.165, 1.54) is 0 Å². The second-order valence-corrected chi connectivity index (χ2v) is 4.80. The molecule has 0 spiro atoms. The van der Waals surface area contributed by atoms with E-state index >= 15 is 0 Å². The van der Waals surface area contributed by atoms with Gasteiger partial charge in [0.25, 0.3) is 5.91 Å². The molecule has 0 bridgehead atoms. The van der Waals surface area contributed by atoms with E-state index in [4.69, 9.17) is 5.73 Å². The number of thioether (sulfide) groups is 1. The molecule has 94 valence electrons. The van der Waals surface area contributed by atoms with Crippen LogP contribution in [0.3, 0.4) is 0 Å². The predicted molar refractivity (Wildman–Crippen MR) is 75.7 cm³/mol. The molecule has 0 aromatic heterocycles. The number of hydrogen-bond donors (Lipinski definition) is 3. The molecule has 0 saturated carbocycles. The van der Waals surface area contributed by atoms with Crippen molar-refractivity contribution in [3.63, 3.8) is 0 Å². The van der Waals surface area contributed by atoms with Gasteiger partial charge in [0.2, 0.25) is 0 Å². The van der Waals surface area contributed by atoms with E-state index in [1.54, 1.807) is 37.0 Å². The number of hydrogen-bond acceptors (Lipinski definition) is 4. The highest BCUT2D eigenvalue weighted by molar-refractivity contribution is 7.98. The van der Waals surface area contributed by atoms with Crippen LogP contribution in [0.25, 0.3) is 0 Å². The number of carbonyl (C=O) groups excluding carboxylic acids is 1. The zero-order valence-electron chi connectivity index (χ0n) is 10.4. The Balaban J connectivity index is 2.94. The van der Waals surface area contributed by atoms with Crippen molar-refractivity contribution in [3.05, 3.63) is 23.8 Å². The lowest BCUT2D eigenvalue weighted by atomic mass is 10.1. The first-order chi connectivity index (χ1) is 8.08. The van der Waals surface area contributed by atoms with Gasteiger partial charge in [-0.25, -0.2) is 0 Å². The molecule has 0 heterocycles. The average Bonchev–Trinajstić information content (AvgIpc) is 2.28. The first-order valence-corrected chi connectivity index (χ1v) is 6.85. The van der Waals surface area contributed by atoms with Crippen molar-refractivity contribution in [3.8, 4) is 0 Å². The molecule has 1 amide bonds. The Bertz CT molecular complexity index is 395. The number of anilines is 2. The molecule has 17 heavy (non-hydrogen) atoms. The molecule has 0 saturated heterocycles. The van der Waals surface area contributed by atoms with Crippen LogP contribution in [0.15, 0.2) is 18.2 Å². The molecule has 4 N–H and O–H groups in total. The standard InChI is InChI=1S/C12H19N3OS/c1-8(7-17-3)15-11-6-9(13)4-5-10(11)12(16)14-2/h4-6,8,15H,7,13H2,1-3H3,(H,14,16). The summed E-state index contributed by atoms with van der Waals surface area (Å²) in [6.45, 7) is 2.08. The third-order valence-corrected chi connectivity index (χ3v) is 3.17. The van der Waals surface area contributed by atoms with E-state index in [-0.39, 0.29) is 11.9 Å². The Morgan fingerprint density at radius 2 is 2.24 bits per heavy atom. The molecule has 4 nitrogen and oxygen atoms in total. The van der Waals surface area contributed by atoms with E-state index in [0.717, 1.165) is 11.4 Å². The lowest BCUT2D eigenvalue weighted by Gasteiger charge is -2.17. The van der Waals surface area contributed by atoms with Gasteiger partial charge in [0.05, 0.1) is 5.56 Å². The van der Waals surface area contributed by atoms with Crippen LogP contribution >= 0.6 is 11.8 Å². The molecular weight excluding hydrogens is 234 g/mol. The van der Waals surface area contributed by atoms with Crippen LogP contribution in [0.4, 0.5) is 11.4 Å². The van der Waals surface area contributed by atoms with Gasteiger partial charge in [-0.05, 0) is 31.4 Å². The lowest BCUT2D eigenvalue weighted by molar-refractivity contribution is 0.0964. The summed E-state index contributed by atoms with van der Waals surface area (Å²) in [5.41, 5.74) is 7.79. The van der Waals surface area contributed by atoms with Crippen molar-refractivity contribution in [1.29, 1.82) is 0 Å². The van der Waals surface area contributed by atoms with E-state index < -0.39 is 0 Å². The molecular formula is C12H19N3OS. The summed E-state index contributed by atoms with van der Waals surface area (Å²) in [6.07, 6.45) is 2.05. The van der Waals surface area contributed by atoms with Gasteiger partial charge in [0.15, 0.2) is 0 Å². The number of rotatable bonds is 5. The van der Waals surface area contributed by atoms with E-state index in [1.807, 2.05) is 0 Å². The molecule has 0 radical (unpaired) electrons. The topological polar surface area (TPSA) is 67.2 Å². The molecule has 1 aromatic rings. The van der Waals surface area contributed by atoms with E-state index in [0.29, 0.717) is 11.3 Å². The van der Waals surface area contributed by atoms with Gasteiger partial charge in [-0.2, -0.15) is 11.8 Å². The van der Waals surface area contributed by atoms with Crippen LogP contribution in [-0.4, -0.2) is 31.0 Å². The third kappa shape index (κ3) is 3.85. The summed E-state index contributed by atoms with van der Waals surface area (Å²) in [5.74, 6) is 0.867. The van der Waals surface area contributed by atoms with Gasteiger partial charge in [-0.1, -0.05) is 0 Å². The monoisotopic (exact) mass is 253 g/mol. The molecule has 1 unspecified atom stereocenters. The van der Waals surface area contributed by atoms with Crippen LogP contribution in [-0.2, 0) is 0 Å². The van der Waals surface area contributed by atoms with Crippen molar-refractivity contribution in [2.24, 2.45) is 0 Å². The average molecular weight is 253 g/mol. The van der Waals surface area contributed by atoms with Gasteiger partial charge in [-0.15, -0.1) is 0 Å². The van der Waals surface area contributed by atoms with Gasteiger partial charge >= 0.3 is 0 Å². The summed E-state index contributed by atoms with van der Waals surface area (Å²) >= 11 is 1.76. The number of nitrogen functional groups attached to an aromatic ring is 1. The fraction of sp³-hybridized carbons (Fsp3) is 0.417. The Labute approximate surface area is 106 Å². The number of amides is 1. The molecule has 0 aliphatic heterocycles. The Hall–Kier alpha value is -1.36. The van der Waals surface area contributed by atoms with Crippen LogP contribution in [0.1, 0.15) is 17.3 Å². The first-order valence-electron chi connectivity index (χ1n) is 5.45. The largest absolute Gasteiger partial charge is 0.399 e. The van der Waals surface area contributed by atoms with Crippen molar-refractivity contribution in [2.75, 3.05) is 30.1 Å². The van der Waals surface area contributed by atoms with Gasteiger partial charge in [-0.3, -0.25) is 4.79 Å². The first kappa shape index (κ1) is 13.7. The van der Waals surface area contributed by atoms with Gasteiger partial charge in [0, 0.05) is 30.2 Å². The van der Waals surface area contributed by atoms with Crippen molar-refractivity contribution >= 4 is 29.0 Å². The van der Waals surface area contributed by atoms with Crippen LogP contribution in [0.5, 0.6) is 0 Å². The van der Waals surface area contributed by atoms with Gasteiger partial charge < -0.3 is 16.4 Å². The minimum atomic E-state index is -0.108. The minimum Gasteiger partial charge on any atom is -0.399 e. The molecule has 0 aliphatic carbocycles. The highest BCUT2D eigenvalue weighted by atomic mass is 32.2. The SMILES string of the molecule is CNC(=O)c1ccc(N)cc1NC(C)CSC. The summed E-state index contributed by atoms with van der Waals surface area (Å²) in [4.78, 5) is 11.7. The number of carbonyl (C=O) groups is 1. The Kier molecular flexibility index (Phi) is 5.15. The normalized spacial score (nSPS) is 11.9. The highest BCUT2D eigenvalue weighted by Crippen LogP contribution is 2.20. The predicted octanol–water partition coefficient (Wildman–Crippen LogP) is 1.79. The molecule has 0 fully saturated rings. The number of nitrogens with two attached hydrogens (primary N) is 1. The third-order valence-electron chi connectivity index (χ3n) is 2.33. The zero-order chi connectivity index (χ0) is 12.8. The smallest absolute Gasteiger partial charge is 0.253 e. The van der Waals surface area contributed by atoms with Crippen LogP contribution in [0, 0.1) is 0 Å². The second kappa shape index (κ2) is 6.39. The number of nitrogens with one attached hydrogen (secondary N) is 2. The van der Waals surface area contributed by atoms with Crippen molar-refractivity contribution in [1.82, 2.24) is 5.32 Å². The van der Waals surface area contributed by atoms with Gasteiger partial charge in [0.1, 0.15) is 0 Å². The zero-order valence-corrected chi connectivity index (χ0v) is 11.2. The van der Waals surface area contributed by atoms with Crippen molar-refractivity contribution in [2.45, 2.75) is 13.0 Å². The van der Waals surface area contributed by atoms with Crippen LogP contribution < -0.4 is 16.4 Å². The molecule has 1 atom stereocenters. The Morgan fingerprint density at radius 1 is 1.53 bits per heavy atom. The molecule has 1 aromatic carbocycles. The lowest BCUT2D eigenvalue weighted by Crippen LogP contribution is -2.23. The molecule has 0 aliphatic rings. The summed E-state index contributed by atoms with van der Waals surface area (Å²) in [7, 11) is 1.62. The van der Waals surface area contributed by atoms with E-state index in [9.17, 15) is 4.79 Å². The molecule has 5 heteroatoms. The maximum Gasteiger partial charge on any atom is 0.253 e.